The summed E-state index contributed by atoms with van der Waals surface area (Å²) >= 11 is 0.975. The number of hydrogen-bond acceptors (Lipinski definition) is 5. The summed E-state index contributed by atoms with van der Waals surface area (Å²) in [4.78, 5) is 11.1. The van der Waals surface area contributed by atoms with E-state index in [4.69, 9.17) is 9.52 Å². The van der Waals surface area contributed by atoms with Gasteiger partial charge in [0, 0.05) is 24.0 Å². The molecule has 108 valence electrons. The maximum Gasteiger partial charge on any atom is 0.308 e. The molecule has 8 heteroatoms. The van der Waals surface area contributed by atoms with Crippen LogP contribution in [-0.4, -0.2) is 30.8 Å². The average molecular weight is 315 g/mol. The first-order chi connectivity index (χ1) is 9.39. The molecule has 2 aromatic rings. The van der Waals surface area contributed by atoms with Crippen LogP contribution in [0.2, 0.25) is 0 Å². The quantitative estimate of drug-likeness (QED) is 0.878. The Morgan fingerprint density at radius 3 is 2.75 bits per heavy atom. The van der Waals surface area contributed by atoms with Crippen molar-refractivity contribution < 1.29 is 22.7 Å². The van der Waals surface area contributed by atoms with Crippen LogP contribution in [0, 0.1) is 0 Å². The molecule has 0 atom stereocenters. The first-order valence-corrected chi connectivity index (χ1v) is 7.93. The van der Waals surface area contributed by atoms with Crippen LogP contribution in [0.15, 0.2) is 39.4 Å². The Morgan fingerprint density at radius 2 is 2.15 bits per heavy atom. The van der Waals surface area contributed by atoms with Crippen LogP contribution >= 0.6 is 11.3 Å². The number of furan rings is 1. The molecule has 0 bridgehead atoms. The molecule has 0 aliphatic heterocycles. The molecule has 0 saturated carbocycles. The number of sulfonamides is 1. The van der Waals surface area contributed by atoms with E-state index in [1.54, 1.807) is 6.07 Å². The van der Waals surface area contributed by atoms with E-state index in [0.29, 0.717) is 4.88 Å². The minimum Gasteiger partial charge on any atom is -0.481 e. The molecule has 0 saturated heterocycles. The maximum atomic E-state index is 12.3. The van der Waals surface area contributed by atoms with E-state index in [-0.39, 0.29) is 17.2 Å². The molecule has 0 aliphatic carbocycles. The summed E-state index contributed by atoms with van der Waals surface area (Å²) in [6.07, 6.45) is 2.79. The summed E-state index contributed by atoms with van der Waals surface area (Å²) in [5, 5.41) is 8.70. The highest BCUT2D eigenvalue weighted by atomic mass is 32.2. The van der Waals surface area contributed by atoms with Gasteiger partial charge in [-0.3, -0.25) is 4.79 Å². The smallest absolute Gasteiger partial charge is 0.308 e. The normalized spacial score (nSPS) is 11.9. The number of hydrogen-bond donors (Lipinski definition) is 1. The van der Waals surface area contributed by atoms with Crippen molar-refractivity contribution in [2.24, 2.45) is 0 Å². The summed E-state index contributed by atoms with van der Waals surface area (Å²) < 4.78 is 30.9. The van der Waals surface area contributed by atoms with Gasteiger partial charge in [0.05, 0.1) is 18.9 Å². The molecule has 1 N–H and O–H groups in total. The van der Waals surface area contributed by atoms with E-state index in [1.165, 1.54) is 36.0 Å². The molecule has 0 unspecified atom stereocenters. The third kappa shape index (κ3) is 3.27. The maximum absolute atomic E-state index is 12.3. The largest absolute Gasteiger partial charge is 0.481 e. The van der Waals surface area contributed by atoms with Crippen molar-refractivity contribution in [2.75, 3.05) is 7.05 Å². The molecule has 0 radical (unpaired) electrons. The first-order valence-electron chi connectivity index (χ1n) is 5.67. The Balaban J connectivity index is 2.16. The average Bonchev–Trinajstić information content (AvgIpc) is 2.99. The molecule has 6 nitrogen and oxygen atoms in total. The second-order valence-corrected chi connectivity index (χ2v) is 7.62. The van der Waals surface area contributed by atoms with E-state index in [1.807, 2.05) is 0 Å². The van der Waals surface area contributed by atoms with E-state index in [0.717, 1.165) is 16.9 Å². The summed E-state index contributed by atoms with van der Waals surface area (Å²) in [5.74, 6) is -0.984. The monoisotopic (exact) mass is 315 g/mol. The third-order valence-corrected chi connectivity index (χ3v) is 5.97. The van der Waals surface area contributed by atoms with Crippen molar-refractivity contribution in [2.45, 2.75) is 17.2 Å². The Labute approximate surface area is 120 Å². The minimum absolute atomic E-state index is 0.139. The van der Waals surface area contributed by atoms with Gasteiger partial charge in [0.15, 0.2) is 0 Å². The van der Waals surface area contributed by atoms with Crippen LogP contribution in [0.4, 0.5) is 0 Å². The molecule has 0 aliphatic rings. The van der Waals surface area contributed by atoms with Crippen molar-refractivity contribution >= 4 is 27.3 Å². The second-order valence-electron chi connectivity index (χ2n) is 4.18. The van der Waals surface area contributed by atoms with Gasteiger partial charge in [-0.2, -0.15) is 4.31 Å². The van der Waals surface area contributed by atoms with Crippen LogP contribution < -0.4 is 0 Å². The van der Waals surface area contributed by atoms with Crippen LogP contribution in [0.1, 0.15) is 10.4 Å². The van der Waals surface area contributed by atoms with Gasteiger partial charge in [-0.25, -0.2) is 8.42 Å². The standard InChI is InChI=1S/C12H13NO5S2/c1-13(7-9-4-5-18-8-9)20(16,17)12-3-2-10(19-12)6-11(14)15/h2-5,8H,6-7H2,1H3,(H,14,15). The highest BCUT2D eigenvalue weighted by molar-refractivity contribution is 7.91. The topological polar surface area (TPSA) is 87.8 Å². The lowest BCUT2D eigenvalue weighted by molar-refractivity contribution is -0.136. The number of rotatable bonds is 6. The number of nitrogens with zero attached hydrogens (tertiary/aromatic N) is 1. The summed E-state index contributed by atoms with van der Waals surface area (Å²) in [5.41, 5.74) is 0.749. The Morgan fingerprint density at radius 1 is 1.40 bits per heavy atom. The first kappa shape index (κ1) is 14.8. The van der Waals surface area contributed by atoms with E-state index in [9.17, 15) is 13.2 Å². The van der Waals surface area contributed by atoms with Crippen LogP contribution in [-0.2, 0) is 27.8 Å². The molecule has 0 fully saturated rings. The molecule has 0 aromatic carbocycles. The fourth-order valence-electron chi connectivity index (χ4n) is 1.62. The molecule has 20 heavy (non-hydrogen) atoms. The van der Waals surface area contributed by atoms with Crippen molar-refractivity contribution in [3.05, 3.63) is 41.2 Å². The molecule has 2 aromatic heterocycles. The summed E-state index contributed by atoms with van der Waals surface area (Å²) in [7, 11) is -2.14. The van der Waals surface area contributed by atoms with Gasteiger partial charge in [-0.1, -0.05) is 0 Å². The van der Waals surface area contributed by atoms with Gasteiger partial charge in [-0.15, -0.1) is 11.3 Å². The van der Waals surface area contributed by atoms with E-state index in [2.05, 4.69) is 0 Å². The van der Waals surface area contributed by atoms with Crippen molar-refractivity contribution in [1.29, 1.82) is 0 Å². The molecular weight excluding hydrogens is 302 g/mol. The lowest BCUT2D eigenvalue weighted by atomic mass is 10.3. The Hall–Kier alpha value is -1.64. The minimum atomic E-state index is -3.61. The van der Waals surface area contributed by atoms with Crippen molar-refractivity contribution in [3.8, 4) is 0 Å². The zero-order valence-corrected chi connectivity index (χ0v) is 12.3. The summed E-state index contributed by atoms with van der Waals surface area (Å²) in [6, 6.07) is 4.65. The SMILES string of the molecule is CN(Cc1ccoc1)S(=O)(=O)c1ccc(CC(=O)O)s1. The van der Waals surface area contributed by atoms with Gasteiger partial charge in [0.2, 0.25) is 0 Å². The fourth-order valence-corrected chi connectivity index (χ4v) is 4.34. The Bertz CT molecular complexity index is 687. The molecular formula is C12H13NO5S2. The predicted octanol–water partition coefficient (Wildman–Crippen LogP) is 1.79. The molecule has 0 spiro atoms. The van der Waals surface area contributed by atoms with E-state index < -0.39 is 16.0 Å². The number of carbonyl (C=O) groups is 1. The second kappa shape index (κ2) is 5.78. The van der Waals surface area contributed by atoms with Crippen LogP contribution in [0.3, 0.4) is 0 Å². The van der Waals surface area contributed by atoms with Gasteiger partial charge in [0.25, 0.3) is 10.0 Å². The lowest BCUT2D eigenvalue weighted by Crippen LogP contribution is -2.25. The number of aliphatic carboxylic acids is 1. The zero-order valence-electron chi connectivity index (χ0n) is 10.6. The zero-order chi connectivity index (χ0) is 14.8. The van der Waals surface area contributed by atoms with Crippen molar-refractivity contribution in [1.82, 2.24) is 4.31 Å². The Kier molecular flexibility index (Phi) is 4.26. The molecule has 2 heterocycles. The highest BCUT2D eigenvalue weighted by Crippen LogP contribution is 2.25. The van der Waals surface area contributed by atoms with E-state index >= 15 is 0 Å². The van der Waals surface area contributed by atoms with Crippen LogP contribution in [0.5, 0.6) is 0 Å². The highest BCUT2D eigenvalue weighted by Gasteiger charge is 2.23. The van der Waals surface area contributed by atoms with Crippen LogP contribution in [0.25, 0.3) is 0 Å². The molecule has 2 rings (SSSR count). The third-order valence-electron chi connectivity index (χ3n) is 2.61. The van der Waals surface area contributed by atoms with Gasteiger partial charge < -0.3 is 9.52 Å². The van der Waals surface area contributed by atoms with Gasteiger partial charge in [-0.05, 0) is 18.2 Å². The fraction of sp³-hybridized carbons (Fsp3) is 0.250. The number of carboxylic acids is 1. The number of thiophene rings is 1. The van der Waals surface area contributed by atoms with Gasteiger partial charge >= 0.3 is 5.97 Å². The van der Waals surface area contributed by atoms with Crippen molar-refractivity contribution in [3.63, 3.8) is 0 Å². The lowest BCUT2D eigenvalue weighted by Gasteiger charge is -2.14. The van der Waals surface area contributed by atoms with Gasteiger partial charge in [0.1, 0.15) is 4.21 Å². The molecule has 0 amide bonds. The summed E-state index contributed by atoms with van der Waals surface area (Å²) in [6.45, 7) is 0.199. The number of carboxylic acid groups (broad SMARTS) is 1. The predicted molar refractivity (Wildman–Crippen MR) is 73.0 cm³/mol.